The van der Waals surface area contributed by atoms with Crippen LogP contribution >= 0.6 is 0 Å². The van der Waals surface area contributed by atoms with Gasteiger partial charge >= 0.3 is 0 Å². The molecule has 0 amide bonds. The van der Waals surface area contributed by atoms with Gasteiger partial charge in [0.2, 0.25) is 5.88 Å². The highest BCUT2D eigenvalue weighted by Gasteiger charge is 2.21. The van der Waals surface area contributed by atoms with Crippen LogP contribution in [0.1, 0.15) is 36.6 Å². The number of para-hydroxylation sites is 1. The standard InChI is InChI=1S/C19H27N3O2/c1-13(2)18-16(19(23-4)22(3)21-18)11-20-10-14-9-15-7-5-6-8-17(15)24-12-14/h5-8,13-14,20H,9-12H2,1-4H3. The SMILES string of the molecule is COc1c(CNCC2COc3ccccc3C2)c(C(C)C)nn1C. The average molecular weight is 329 g/mol. The summed E-state index contributed by atoms with van der Waals surface area (Å²) in [5, 5.41) is 8.18. The summed E-state index contributed by atoms with van der Waals surface area (Å²) in [6.45, 7) is 6.78. The summed E-state index contributed by atoms with van der Waals surface area (Å²) in [5.74, 6) is 2.74. The molecule has 5 heteroatoms. The number of rotatable bonds is 6. The maximum atomic E-state index is 5.87. The maximum Gasteiger partial charge on any atom is 0.216 e. The van der Waals surface area contributed by atoms with E-state index in [1.807, 2.05) is 23.9 Å². The molecule has 1 aromatic heterocycles. The van der Waals surface area contributed by atoms with E-state index in [9.17, 15) is 0 Å². The molecule has 1 aliphatic heterocycles. The van der Waals surface area contributed by atoms with E-state index in [0.29, 0.717) is 11.8 Å². The first-order chi connectivity index (χ1) is 11.6. The molecular formula is C19H27N3O2. The molecular weight excluding hydrogens is 302 g/mol. The second kappa shape index (κ2) is 7.26. The third-order valence-corrected chi connectivity index (χ3v) is 4.55. The van der Waals surface area contributed by atoms with Gasteiger partial charge in [-0.2, -0.15) is 5.10 Å². The number of ether oxygens (including phenoxy) is 2. The molecule has 1 aliphatic rings. The van der Waals surface area contributed by atoms with E-state index in [0.717, 1.165) is 49.0 Å². The predicted octanol–water partition coefficient (Wildman–Crippen LogP) is 2.89. The average Bonchev–Trinajstić information content (AvgIpc) is 2.90. The van der Waals surface area contributed by atoms with Gasteiger partial charge in [0.1, 0.15) is 5.75 Å². The molecule has 0 fully saturated rings. The second-order valence-corrected chi connectivity index (χ2v) is 6.77. The van der Waals surface area contributed by atoms with Gasteiger partial charge in [0, 0.05) is 26.1 Å². The van der Waals surface area contributed by atoms with Crippen LogP contribution in [0.2, 0.25) is 0 Å². The highest BCUT2D eigenvalue weighted by atomic mass is 16.5. The van der Waals surface area contributed by atoms with Crippen molar-refractivity contribution < 1.29 is 9.47 Å². The fourth-order valence-electron chi connectivity index (χ4n) is 3.38. The molecule has 1 N–H and O–H groups in total. The number of aromatic nitrogens is 2. The smallest absolute Gasteiger partial charge is 0.216 e. The number of methoxy groups -OCH3 is 1. The third kappa shape index (κ3) is 3.41. The topological polar surface area (TPSA) is 48.3 Å². The van der Waals surface area contributed by atoms with Gasteiger partial charge in [0.15, 0.2) is 0 Å². The zero-order valence-electron chi connectivity index (χ0n) is 15.0. The number of hydrogen-bond donors (Lipinski definition) is 1. The number of nitrogens with one attached hydrogen (secondary N) is 1. The van der Waals surface area contributed by atoms with Crippen molar-refractivity contribution in [3.63, 3.8) is 0 Å². The number of nitrogens with zero attached hydrogens (tertiary/aromatic N) is 2. The van der Waals surface area contributed by atoms with Crippen LogP contribution in [0, 0.1) is 5.92 Å². The summed E-state index contributed by atoms with van der Waals surface area (Å²) in [7, 11) is 3.64. The molecule has 2 heterocycles. The molecule has 130 valence electrons. The minimum Gasteiger partial charge on any atom is -0.493 e. The Labute approximate surface area is 144 Å². The Morgan fingerprint density at radius 3 is 2.92 bits per heavy atom. The van der Waals surface area contributed by atoms with E-state index < -0.39 is 0 Å². The Kier molecular flexibility index (Phi) is 5.09. The fourth-order valence-corrected chi connectivity index (χ4v) is 3.38. The van der Waals surface area contributed by atoms with Crippen molar-refractivity contribution in [2.24, 2.45) is 13.0 Å². The Balaban J connectivity index is 1.61. The van der Waals surface area contributed by atoms with Crippen LogP contribution in [0.15, 0.2) is 24.3 Å². The summed E-state index contributed by atoms with van der Waals surface area (Å²) in [6, 6.07) is 8.31. The zero-order valence-corrected chi connectivity index (χ0v) is 15.0. The summed E-state index contributed by atoms with van der Waals surface area (Å²) >= 11 is 0. The Hall–Kier alpha value is -2.01. The normalized spacial score (nSPS) is 16.8. The first-order valence-corrected chi connectivity index (χ1v) is 8.61. The Morgan fingerprint density at radius 1 is 1.38 bits per heavy atom. The lowest BCUT2D eigenvalue weighted by Crippen LogP contribution is -2.31. The molecule has 0 bridgehead atoms. The van der Waals surface area contributed by atoms with Crippen LogP contribution in [-0.2, 0) is 20.0 Å². The van der Waals surface area contributed by atoms with Crippen LogP contribution in [0.25, 0.3) is 0 Å². The van der Waals surface area contributed by atoms with E-state index in [2.05, 4.69) is 36.4 Å². The van der Waals surface area contributed by atoms with Gasteiger partial charge in [-0.3, -0.25) is 0 Å². The largest absolute Gasteiger partial charge is 0.493 e. The van der Waals surface area contributed by atoms with Gasteiger partial charge in [-0.25, -0.2) is 4.68 Å². The Bertz CT molecular complexity index is 694. The van der Waals surface area contributed by atoms with Crippen LogP contribution in [0.4, 0.5) is 0 Å². The van der Waals surface area contributed by atoms with Gasteiger partial charge in [0.05, 0.1) is 25.0 Å². The van der Waals surface area contributed by atoms with Crippen LogP contribution in [-0.4, -0.2) is 30.0 Å². The highest BCUT2D eigenvalue weighted by Crippen LogP contribution is 2.28. The number of fused-ring (bicyclic) bond motifs is 1. The molecule has 0 aliphatic carbocycles. The lowest BCUT2D eigenvalue weighted by atomic mass is 9.96. The van der Waals surface area contributed by atoms with Crippen LogP contribution in [0.5, 0.6) is 11.6 Å². The van der Waals surface area contributed by atoms with E-state index in [-0.39, 0.29) is 0 Å². The molecule has 2 aromatic rings. The monoisotopic (exact) mass is 329 g/mol. The summed E-state index contributed by atoms with van der Waals surface area (Å²) in [4.78, 5) is 0. The van der Waals surface area contributed by atoms with E-state index in [4.69, 9.17) is 9.47 Å². The number of hydrogen-bond acceptors (Lipinski definition) is 4. The van der Waals surface area contributed by atoms with Crippen molar-refractivity contribution in [2.45, 2.75) is 32.7 Å². The zero-order chi connectivity index (χ0) is 17.1. The minimum atomic E-state index is 0.377. The molecule has 1 unspecified atom stereocenters. The van der Waals surface area contributed by atoms with Gasteiger partial charge in [-0.15, -0.1) is 0 Å². The quantitative estimate of drug-likeness (QED) is 0.885. The highest BCUT2D eigenvalue weighted by molar-refractivity contribution is 5.35. The van der Waals surface area contributed by atoms with E-state index in [1.54, 1.807) is 7.11 Å². The number of benzene rings is 1. The van der Waals surface area contributed by atoms with Crippen molar-refractivity contribution in [3.05, 3.63) is 41.1 Å². The lowest BCUT2D eigenvalue weighted by molar-refractivity contribution is 0.218. The molecule has 24 heavy (non-hydrogen) atoms. The van der Waals surface area contributed by atoms with Gasteiger partial charge in [-0.1, -0.05) is 32.0 Å². The fraction of sp³-hybridized carbons (Fsp3) is 0.526. The van der Waals surface area contributed by atoms with Crippen LogP contribution in [0.3, 0.4) is 0 Å². The first kappa shape index (κ1) is 16.8. The minimum absolute atomic E-state index is 0.377. The molecule has 0 saturated heterocycles. The molecule has 5 nitrogen and oxygen atoms in total. The van der Waals surface area contributed by atoms with Gasteiger partial charge in [0.25, 0.3) is 0 Å². The van der Waals surface area contributed by atoms with Crippen molar-refractivity contribution in [2.75, 3.05) is 20.3 Å². The second-order valence-electron chi connectivity index (χ2n) is 6.77. The molecule has 1 atom stereocenters. The Morgan fingerprint density at radius 2 is 2.17 bits per heavy atom. The number of aryl methyl sites for hydroxylation is 1. The molecule has 0 saturated carbocycles. The first-order valence-electron chi connectivity index (χ1n) is 8.61. The van der Waals surface area contributed by atoms with Crippen molar-refractivity contribution >= 4 is 0 Å². The van der Waals surface area contributed by atoms with Crippen molar-refractivity contribution in [3.8, 4) is 11.6 Å². The van der Waals surface area contributed by atoms with E-state index >= 15 is 0 Å². The third-order valence-electron chi connectivity index (χ3n) is 4.55. The summed E-state index contributed by atoms with van der Waals surface area (Å²) in [6.07, 6.45) is 1.06. The van der Waals surface area contributed by atoms with Crippen LogP contribution < -0.4 is 14.8 Å². The van der Waals surface area contributed by atoms with E-state index in [1.165, 1.54) is 5.56 Å². The van der Waals surface area contributed by atoms with Crippen molar-refractivity contribution in [1.29, 1.82) is 0 Å². The molecule has 0 spiro atoms. The summed E-state index contributed by atoms with van der Waals surface area (Å²) < 4.78 is 13.2. The predicted molar refractivity (Wildman–Crippen MR) is 94.7 cm³/mol. The van der Waals surface area contributed by atoms with Gasteiger partial charge in [-0.05, 0) is 24.0 Å². The van der Waals surface area contributed by atoms with Crippen molar-refractivity contribution in [1.82, 2.24) is 15.1 Å². The van der Waals surface area contributed by atoms with Gasteiger partial charge < -0.3 is 14.8 Å². The molecule has 3 rings (SSSR count). The molecule has 1 aromatic carbocycles. The lowest BCUT2D eigenvalue weighted by Gasteiger charge is -2.25. The molecule has 0 radical (unpaired) electrons. The maximum absolute atomic E-state index is 5.87. The summed E-state index contributed by atoms with van der Waals surface area (Å²) in [5.41, 5.74) is 3.57.